The summed E-state index contributed by atoms with van der Waals surface area (Å²) < 4.78 is 12.4. The summed E-state index contributed by atoms with van der Waals surface area (Å²) in [7, 11) is 1.63. The summed E-state index contributed by atoms with van der Waals surface area (Å²) in [5, 5.41) is 5.29. The van der Waals surface area contributed by atoms with Crippen molar-refractivity contribution in [3.05, 3.63) is 100 Å². The first-order chi connectivity index (χ1) is 16.6. The van der Waals surface area contributed by atoms with E-state index in [0.29, 0.717) is 40.1 Å². The third kappa shape index (κ3) is 4.58. The maximum atomic E-state index is 13.3. The van der Waals surface area contributed by atoms with Crippen molar-refractivity contribution < 1.29 is 9.26 Å². The number of fused-ring (bicyclic) bond motifs is 1. The second-order valence-corrected chi connectivity index (χ2v) is 8.76. The minimum absolute atomic E-state index is 0.0881. The fourth-order valence-electron chi connectivity index (χ4n) is 3.65. The molecule has 0 saturated carbocycles. The highest BCUT2D eigenvalue weighted by molar-refractivity contribution is 7.98. The number of aromatic nitrogens is 4. The van der Waals surface area contributed by atoms with Gasteiger partial charge < -0.3 is 9.26 Å². The third-order valence-corrected chi connectivity index (χ3v) is 6.36. The van der Waals surface area contributed by atoms with Crippen LogP contribution in [0.5, 0.6) is 5.75 Å². The Morgan fingerprint density at radius 3 is 2.62 bits per heavy atom. The molecule has 0 N–H and O–H groups in total. The van der Waals surface area contributed by atoms with Gasteiger partial charge in [-0.3, -0.25) is 9.36 Å². The molecule has 34 heavy (non-hydrogen) atoms. The van der Waals surface area contributed by atoms with Crippen LogP contribution in [-0.2, 0) is 12.3 Å². The van der Waals surface area contributed by atoms with Crippen LogP contribution in [0.3, 0.4) is 0 Å². The molecule has 2 aromatic heterocycles. The zero-order valence-electron chi connectivity index (χ0n) is 18.8. The van der Waals surface area contributed by atoms with Gasteiger partial charge in [-0.15, -0.1) is 0 Å². The lowest BCUT2D eigenvalue weighted by Gasteiger charge is -2.13. The van der Waals surface area contributed by atoms with E-state index >= 15 is 0 Å². The summed E-state index contributed by atoms with van der Waals surface area (Å²) in [5.74, 6) is 2.18. The van der Waals surface area contributed by atoms with Crippen molar-refractivity contribution in [2.75, 3.05) is 7.11 Å². The number of aryl methyl sites for hydroxylation is 1. The van der Waals surface area contributed by atoms with Gasteiger partial charge in [-0.1, -0.05) is 64.9 Å². The Balaban J connectivity index is 1.45. The van der Waals surface area contributed by atoms with Crippen molar-refractivity contribution >= 4 is 22.7 Å². The molecule has 0 aliphatic carbocycles. The van der Waals surface area contributed by atoms with Gasteiger partial charge in [0.25, 0.3) is 5.56 Å². The standard InChI is InChI=1S/C26H22N4O3S/c1-17-6-5-7-19(14-17)24-28-23(33-29-24)16-34-26-27-22-9-4-3-8-21(22)25(31)30(26)15-18-10-12-20(32-2)13-11-18/h3-14H,15-16H2,1-2H3. The first-order valence-corrected chi connectivity index (χ1v) is 11.7. The summed E-state index contributed by atoms with van der Waals surface area (Å²) in [6.45, 7) is 2.41. The molecule has 7 nitrogen and oxygen atoms in total. The first kappa shape index (κ1) is 21.9. The van der Waals surface area contributed by atoms with Gasteiger partial charge >= 0.3 is 0 Å². The molecule has 0 atom stereocenters. The van der Waals surface area contributed by atoms with Crippen molar-refractivity contribution in [2.45, 2.75) is 24.4 Å². The van der Waals surface area contributed by atoms with E-state index in [1.807, 2.05) is 73.7 Å². The topological polar surface area (TPSA) is 83.0 Å². The molecule has 0 aliphatic rings. The van der Waals surface area contributed by atoms with E-state index in [-0.39, 0.29) is 5.56 Å². The quantitative estimate of drug-likeness (QED) is 0.242. The number of benzene rings is 3. The molecule has 2 heterocycles. The Bertz CT molecular complexity index is 1510. The minimum atomic E-state index is -0.0881. The maximum absolute atomic E-state index is 13.3. The number of hydrogen-bond donors (Lipinski definition) is 0. The highest BCUT2D eigenvalue weighted by Gasteiger charge is 2.15. The predicted octanol–water partition coefficient (Wildman–Crippen LogP) is 5.10. The van der Waals surface area contributed by atoms with Gasteiger partial charge in [-0.05, 0) is 42.8 Å². The molecule has 170 valence electrons. The van der Waals surface area contributed by atoms with Gasteiger partial charge in [0, 0.05) is 5.56 Å². The molecule has 0 spiro atoms. The lowest BCUT2D eigenvalue weighted by atomic mass is 10.1. The molecule has 8 heteroatoms. The zero-order valence-corrected chi connectivity index (χ0v) is 19.6. The van der Waals surface area contributed by atoms with E-state index in [9.17, 15) is 4.79 Å². The number of hydrogen-bond acceptors (Lipinski definition) is 7. The van der Waals surface area contributed by atoms with E-state index in [0.717, 1.165) is 22.4 Å². The molecule has 5 rings (SSSR count). The van der Waals surface area contributed by atoms with Crippen molar-refractivity contribution in [1.29, 1.82) is 0 Å². The second kappa shape index (κ2) is 9.52. The highest BCUT2D eigenvalue weighted by atomic mass is 32.2. The van der Waals surface area contributed by atoms with Crippen molar-refractivity contribution in [3.63, 3.8) is 0 Å². The highest BCUT2D eigenvalue weighted by Crippen LogP contribution is 2.24. The van der Waals surface area contributed by atoms with Crippen LogP contribution in [0.25, 0.3) is 22.3 Å². The average Bonchev–Trinajstić information content (AvgIpc) is 3.34. The number of nitrogens with zero attached hydrogens (tertiary/aromatic N) is 4. The van der Waals surface area contributed by atoms with E-state index in [2.05, 4.69) is 10.1 Å². The van der Waals surface area contributed by atoms with Crippen LogP contribution in [-0.4, -0.2) is 26.8 Å². The molecule has 5 aromatic rings. The molecule has 0 unspecified atom stereocenters. The largest absolute Gasteiger partial charge is 0.497 e. The maximum Gasteiger partial charge on any atom is 0.262 e. The van der Waals surface area contributed by atoms with Crippen LogP contribution in [0, 0.1) is 6.92 Å². The van der Waals surface area contributed by atoms with Crippen LogP contribution in [0.1, 0.15) is 17.0 Å². The Hall–Kier alpha value is -3.91. The van der Waals surface area contributed by atoms with Crippen LogP contribution in [0.4, 0.5) is 0 Å². The molecule has 3 aromatic carbocycles. The molecule has 0 aliphatic heterocycles. The zero-order chi connectivity index (χ0) is 23.5. The number of thioether (sulfide) groups is 1. The Morgan fingerprint density at radius 1 is 1.00 bits per heavy atom. The van der Waals surface area contributed by atoms with Gasteiger partial charge in [0.05, 0.1) is 30.3 Å². The normalized spacial score (nSPS) is 11.1. The summed E-state index contributed by atoms with van der Waals surface area (Å²) in [6.07, 6.45) is 0. The number of para-hydroxylation sites is 1. The minimum Gasteiger partial charge on any atom is -0.497 e. The summed E-state index contributed by atoms with van der Waals surface area (Å²) in [6, 6.07) is 23.0. The second-order valence-electron chi connectivity index (χ2n) is 7.82. The monoisotopic (exact) mass is 470 g/mol. The fraction of sp³-hybridized carbons (Fsp3) is 0.154. The SMILES string of the molecule is COc1ccc(Cn2c(SCc3nc(-c4cccc(C)c4)no3)nc3ccccc3c2=O)cc1. The van der Waals surface area contributed by atoms with E-state index in [1.165, 1.54) is 11.8 Å². The first-order valence-electron chi connectivity index (χ1n) is 10.8. The number of rotatable bonds is 7. The molecule has 0 radical (unpaired) electrons. The number of ether oxygens (including phenoxy) is 1. The molecule has 0 saturated heterocycles. The number of methoxy groups -OCH3 is 1. The van der Waals surface area contributed by atoms with Crippen LogP contribution in [0.2, 0.25) is 0 Å². The summed E-state index contributed by atoms with van der Waals surface area (Å²) >= 11 is 1.40. The van der Waals surface area contributed by atoms with E-state index < -0.39 is 0 Å². The molecule has 0 amide bonds. The summed E-state index contributed by atoms with van der Waals surface area (Å²) in [4.78, 5) is 22.6. The lowest BCUT2D eigenvalue weighted by Crippen LogP contribution is -2.24. The van der Waals surface area contributed by atoms with Crippen LogP contribution >= 0.6 is 11.8 Å². The molecule has 0 bridgehead atoms. The molecular weight excluding hydrogens is 448 g/mol. The lowest BCUT2D eigenvalue weighted by molar-refractivity contribution is 0.391. The van der Waals surface area contributed by atoms with E-state index in [4.69, 9.17) is 14.2 Å². The molecular formula is C26H22N4O3S. The van der Waals surface area contributed by atoms with Crippen LogP contribution in [0.15, 0.2) is 87.3 Å². The van der Waals surface area contributed by atoms with Crippen LogP contribution < -0.4 is 10.3 Å². The molecule has 0 fully saturated rings. The van der Waals surface area contributed by atoms with Gasteiger partial charge in [0.1, 0.15) is 5.75 Å². The van der Waals surface area contributed by atoms with Crippen molar-refractivity contribution in [3.8, 4) is 17.1 Å². The van der Waals surface area contributed by atoms with Crippen molar-refractivity contribution in [2.24, 2.45) is 0 Å². The van der Waals surface area contributed by atoms with Gasteiger partial charge in [0.15, 0.2) is 5.16 Å². The van der Waals surface area contributed by atoms with Crippen molar-refractivity contribution in [1.82, 2.24) is 19.7 Å². The van der Waals surface area contributed by atoms with E-state index in [1.54, 1.807) is 17.7 Å². The fourth-order valence-corrected chi connectivity index (χ4v) is 4.49. The van der Waals surface area contributed by atoms with Gasteiger partial charge in [0.2, 0.25) is 11.7 Å². The smallest absolute Gasteiger partial charge is 0.262 e. The Kier molecular flexibility index (Phi) is 6.14. The van der Waals surface area contributed by atoms with Gasteiger partial charge in [-0.25, -0.2) is 4.98 Å². The summed E-state index contributed by atoms with van der Waals surface area (Å²) in [5.41, 5.74) is 3.57. The van der Waals surface area contributed by atoms with Gasteiger partial charge in [-0.2, -0.15) is 4.98 Å². The third-order valence-electron chi connectivity index (χ3n) is 5.40. The average molecular weight is 471 g/mol. The Labute approximate surface area is 200 Å². The predicted molar refractivity (Wildman–Crippen MR) is 132 cm³/mol. The Morgan fingerprint density at radius 2 is 1.82 bits per heavy atom.